The highest BCUT2D eigenvalue weighted by atomic mass is 16.6. The van der Waals surface area contributed by atoms with Gasteiger partial charge < -0.3 is 4.74 Å². The van der Waals surface area contributed by atoms with Gasteiger partial charge in [0, 0.05) is 0 Å². The zero-order valence-corrected chi connectivity index (χ0v) is 6.76. The molecule has 2 fully saturated rings. The molecule has 0 atom stereocenters. The summed E-state index contributed by atoms with van der Waals surface area (Å²) in [5.74, 6) is -0.243. The molecule has 4 nitrogen and oxygen atoms in total. The summed E-state index contributed by atoms with van der Waals surface area (Å²) in [7, 11) is 0. The number of carbonyl (C=O) groups excluding carboxylic acids is 2. The first kappa shape index (κ1) is 7.58. The summed E-state index contributed by atoms with van der Waals surface area (Å²) < 4.78 is 5.00. The lowest BCUT2D eigenvalue weighted by atomic mass is 9.84. The van der Waals surface area contributed by atoms with Crippen molar-refractivity contribution in [3.63, 3.8) is 0 Å². The number of hydrogen-bond donors (Lipinski definition) is 1. The Morgan fingerprint density at radius 1 is 1.17 bits per heavy atom. The number of carbonyl (C=O) groups is 2. The molecule has 2 amide bonds. The molecule has 0 unspecified atom stereocenters. The minimum absolute atomic E-state index is 0.243. The number of alkyl carbamates (subject to hydrolysis) is 1. The van der Waals surface area contributed by atoms with Crippen LogP contribution in [0.4, 0.5) is 4.79 Å². The fourth-order valence-corrected chi connectivity index (χ4v) is 1.91. The molecule has 1 heterocycles. The van der Waals surface area contributed by atoms with Crippen molar-refractivity contribution in [1.29, 1.82) is 0 Å². The number of imide groups is 1. The van der Waals surface area contributed by atoms with E-state index in [1.54, 1.807) is 0 Å². The topological polar surface area (TPSA) is 55.4 Å². The normalized spacial score (nSPS) is 27.0. The van der Waals surface area contributed by atoms with E-state index in [9.17, 15) is 9.59 Å². The highest BCUT2D eigenvalue weighted by Crippen LogP contribution is 2.34. The van der Waals surface area contributed by atoms with Crippen LogP contribution >= 0.6 is 0 Å². The van der Waals surface area contributed by atoms with Crippen molar-refractivity contribution in [2.75, 3.05) is 0 Å². The van der Waals surface area contributed by atoms with E-state index in [0.29, 0.717) is 12.8 Å². The molecule has 1 aliphatic carbocycles. The van der Waals surface area contributed by atoms with Gasteiger partial charge in [-0.2, -0.15) is 0 Å². The van der Waals surface area contributed by atoms with Gasteiger partial charge in [-0.3, -0.25) is 10.1 Å². The third-order valence-electron chi connectivity index (χ3n) is 2.58. The zero-order valence-electron chi connectivity index (χ0n) is 6.76. The number of hydrogen-bond acceptors (Lipinski definition) is 3. The monoisotopic (exact) mass is 169 g/mol. The Kier molecular flexibility index (Phi) is 1.56. The van der Waals surface area contributed by atoms with E-state index in [4.69, 9.17) is 4.74 Å². The summed E-state index contributed by atoms with van der Waals surface area (Å²) in [4.78, 5) is 22.1. The van der Waals surface area contributed by atoms with Crippen LogP contribution in [0.3, 0.4) is 0 Å². The number of rotatable bonds is 0. The first-order chi connectivity index (χ1) is 5.73. The number of nitrogens with one attached hydrogen (secondary N) is 1. The van der Waals surface area contributed by atoms with Crippen molar-refractivity contribution >= 4 is 12.0 Å². The van der Waals surface area contributed by atoms with Crippen molar-refractivity contribution in [2.24, 2.45) is 0 Å². The fraction of sp³-hybridized carbons (Fsp3) is 0.750. The van der Waals surface area contributed by atoms with Gasteiger partial charge in [0.25, 0.3) is 5.91 Å². The van der Waals surface area contributed by atoms with E-state index in [-0.39, 0.29) is 5.91 Å². The van der Waals surface area contributed by atoms with E-state index in [1.165, 1.54) is 0 Å². The smallest absolute Gasteiger partial charge is 0.415 e. The molecule has 1 aliphatic heterocycles. The van der Waals surface area contributed by atoms with Crippen LogP contribution < -0.4 is 5.32 Å². The van der Waals surface area contributed by atoms with E-state index >= 15 is 0 Å². The lowest BCUT2D eigenvalue weighted by Crippen LogP contribution is -2.40. The van der Waals surface area contributed by atoms with Crippen LogP contribution in [0, 0.1) is 0 Å². The molecule has 0 bridgehead atoms. The molecule has 1 N–H and O–H groups in total. The molecule has 0 aromatic heterocycles. The average molecular weight is 169 g/mol. The molecular formula is C8H11NO3. The van der Waals surface area contributed by atoms with E-state index in [1.807, 2.05) is 0 Å². The Labute approximate surface area is 70.3 Å². The lowest BCUT2D eigenvalue weighted by Gasteiger charge is -2.28. The van der Waals surface area contributed by atoms with E-state index in [0.717, 1.165) is 19.3 Å². The Bertz CT molecular complexity index is 230. The average Bonchev–Trinajstić information content (AvgIpc) is 2.29. The van der Waals surface area contributed by atoms with Crippen molar-refractivity contribution in [1.82, 2.24) is 5.32 Å². The lowest BCUT2D eigenvalue weighted by molar-refractivity contribution is -0.133. The van der Waals surface area contributed by atoms with Crippen molar-refractivity contribution in [3.8, 4) is 0 Å². The Hall–Kier alpha value is -1.06. The maximum atomic E-state index is 11.3. The number of ether oxygens (including phenoxy) is 1. The molecule has 2 rings (SSSR count). The quantitative estimate of drug-likeness (QED) is 0.587. The van der Waals surface area contributed by atoms with Crippen LogP contribution in [0.15, 0.2) is 0 Å². The maximum absolute atomic E-state index is 11.3. The second-order valence-corrected chi connectivity index (χ2v) is 3.40. The minimum Gasteiger partial charge on any atom is -0.432 e. The van der Waals surface area contributed by atoms with E-state index < -0.39 is 11.7 Å². The summed E-state index contributed by atoms with van der Waals surface area (Å²) >= 11 is 0. The fourth-order valence-electron chi connectivity index (χ4n) is 1.91. The zero-order chi connectivity index (χ0) is 8.60. The third-order valence-corrected chi connectivity index (χ3v) is 2.58. The SMILES string of the molecule is O=C1NC(=O)C2(CCCCC2)O1. The summed E-state index contributed by atoms with van der Waals surface area (Å²) in [6, 6.07) is 0. The first-order valence-electron chi connectivity index (χ1n) is 4.27. The molecule has 0 radical (unpaired) electrons. The molecular weight excluding hydrogens is 158 g/mol. The summed E-state index contributed by atoms with van der Waals surface area (Å²) in [6.07, 6.45) is 3.87. The van der Waals surface area contributed by atoms with Crippen LogP contribution in [0.25, 0.3) is 0 Å². The molecule has 0 aromatic rings. The Morgan fingerprint density at radius 3 is 2.33 bits per heavy atom. The van der Waals surface area contributed by atoms with Crippen LogP contribution in [0.5, 0.6) is 0 Å². The molecule has 1 saturated carbocycles. The van der Waals surface area contributed by atoms with Crippen LogP contribution in [-0.2, 0) is 9.53 Å². The van der Waals surface area contributed by atoms with Gasteiger partial charge in [-0.05, 0) is 25.7 Å². The van der Waals surface area contributed by atoms with Crippen LogP contribution in [0.1, 0.15) is 32.1 Å². The predicted octanol–water partition coefficient (Wildman–Crippen LogP) is 0.956. The van der Waals surface area contributed by atoms with Gasteiger partial charge in [0.2, 0.25) is 0 Å². The second kappa shape index (κ2) is 2.47. The molecule has 4 heteroatoms. The number of amides is 2. The second-order valence-electron chi connectivity index (χ2n) is 3.40. The maximum Gasteiger partial charge on any atom is 0.415 e. The molecule has 0 aromatic carbocycles. The first-order valence-corrected chi connectivity index (χ1v) is 4.27. The molecule has 2 aliphatic rings. The Morgan fingerprint density at radius 2 is 1.83 bits per heavy atom. The Balaban J connectivity index is 2.18. The largest absolute Gasteiger partial charge is 0.432 e. The van der Waals surface area contributed by atoms with Gasteiger partial charge in [0.15, 0.2) is 5.60 Å². The highest BCUT2D eigenvalue weighted by Gasteiger charge is 2.48. The van der Waals surface area contributed by atoms with Crippen molar-refractivity contribution < 1.29 is 14.3 Å². The van der Waals surface area contributed by atoms with Crippen molar-refractivity contribution in [3.05, 3.63) is 0 Å². The predicted molar refractivity (Wildman–Crippen MR) is 40.4 cm³/mol. The highest BCUT2D eigenvalue weighted by molar-refractivity contribution is 6.02. The van der Waals surface area contributed by atoms with Crippen LogP contribution in [-0.4, -0.2) is 17.6 Å². The molecule has 12 heavy (non-hydrogen) atoms. The van der Waals surface area contributed by atoms with Gasteiger partial charge >= 0.3 is 6.09 Å². The summed E-state index contributed by atoms with van der Waals surface area (Å²) in [5, 5.41) is 2.18. The summed E-state index contributed by atoms with van der Waals surface area (Å²) in [6.45, 7) is 0. The minimum atomic E-state index is -0.796. The molecule has 1 saturated heterocycles. The molecule has 1 spiro atoms. The van der Waals surface area contributed by atoms with E-state index in [2.05, 4.69) is 5.32 Å². The van der Waals surface area contributed by atoms with Crippen LogP contribution in [0.2, 0.25) is 0 Å². The third kappa shape index (κ3) is 0.983. The summed E-state index contributed by atoms with van der Waals surface area (Å²) in [5.41, 5.74) is -0.796. The molecule has 66 valence electrons. The van der Waals surface area contributed by atoms with Gasteiger partial charge in [-0.25, -0.2) is 4.79 Å². The van der Waals surface area contributed by atoms with Gasteiger partial charge in [0.05, 0.1) is 0 Å². The van der Waals surface area contributed by atoms with Gasteiger partial charge in [0.1, 0.15) is 0 Å². The van der Waals surface area contributed by atoms with Crippen molar-refractivity contribution in [2.45, 2.75) is 37.7 Å². The standard InChI is InChI=1S/C8H11NO3/c10-6-8(12-7(11)9-6)4-2-1-3-5-8/h1-5H2,(H,9,10,11). The van der Waals surface area contributed by atoms with Gasteiger partial charge in [-0.15, -0.1) is 0 Å². The van der Waals surface area contributed by atoms with Gasteiger partial charge in [-0.1, -0.05) is 6.42 Å².